The molecule has 3 aromatic carbocycles. The first-order valence-corrected chi connectivity index (χ1v) is 15.0. The molecule has 0 bridgehead atoms. The topological polar surface area (TPSA) is 51.1 Å². The van der Waals surface area contributed by atoms with Crippen molar-refractivity contribution in [1.29, 1.82) is 0 Å². The highest BCUT2D eigenvalue weighted by molar-refractivity contribution is 9.10. The molecule has 0 radical (unpaired) electrons. The molecule has 5 nitrogen and oxygen atoms in total. The van der Waals surface area contributed by atoms with E-state index in [1.807, 2.05) is 43.3 Å². The second-order valence-corrected chi connectivity index (χ2v) is 12.2. The summed E-state index contributed by atoms with van der Waals surface area (Å²) in [5, 5.41) is 2.35. The zero-order valence-corrected chi connectivity index (χ0v) is 26.2. The van der Waals surface area contributed by atoms with Crippen LogP contribution in [0.15, 0.2) is 69.0 Å². The summed E-state index contributed by atoms with van der Waals surface area (Å²) in [5.41, 5.74) is 2.32. The minimum atomic E-state index is -0.0896. The average Bonchev–Trinajstić information content (AvgIpc) is 3.14. The molecule has 0 N–H and O–H groups in total. The van der Waals surface area contributed by atoms with Gasteiger partial charge < -0.3 is 9.47 Å². The van der Waals surface area contributed by atoms with Gasteiger partial charge >= 0.3 is 0 Å². The summed E-state index contributed by atoms with van der Waals surface area (Å²) >= 11 is 23.3. The number of ether oxygens (including phenoxy) is 2. The van der Waals surface area contributed by atoms with Crippen LogP contribution in [0.3, 0.4) is 0 Å². The highest BCUT2D eigenvalue weighted by Crippen LogP contribution is 2.40. The SMILES string of the molecule is CCOc1cc(/C=C2\SC(=Nc3ccc(Cl)cc3)N(CC(C)C)C2=O)cc(Br)c1OCc1ccc(Cl)cc1Cl. The number of hydrogen-bond acceptors (Lipinski definition) is 5. The van der Waals surface area contributed by atoms with Crippen LogP contribution in [0, 0.1) is 5.92 Å². The van der Waals surface area contributed by atoms with Crippen LogP contribution in [-0.2, 0) is 11.4 Å². The standard InChI is InChI=1S/C29H26BrCl3N2O3S/c1-4-37-25-12-18(11-23(30)27(25)38-16-19-5-6-21(32)14-24(19)33)13-26-28(36)35(15-17(2)3)29(39-26)34-22-9-7-20(31)8-10-22/h5-14,17H,4,15-16H2,1-3H3/b26-13-,34-29?. The van der Waals surface area contributed by atoms with Gasteiger partial charge in [0.15, 0.2) is 16.7 Å². The van der Waals surface area contributed by atoms with E-state index in [0.29, 0.717) is 54.3 Å². The fraction of sp³-hybridized carbons (Fsp3) is 0.241. The van der Waals surface area contributed by atoms with Crippen LogP contribution in [0.4, 0.5) is 5.69 Å². The number of rotatable bonds is 9. The quantitative estimate of drug-likeness (QED) is 0.213. The van der Waals surface area contributed by atoms with Crippen molar-refractivity contribution in [2.24, 2.45) is 10.9 Å². The predicted octanol–water partition coefficient (Wildman–Crippen LogP) is 9.65. The fourth-order valence-corrected chi connectivity index (χ4v) is 5.93. The van der Waals surface area contributed by atoms with E-state index in [2.05, 4.69) is 29.8 Å². The fourth-order valence-electron chi connectivity index (χ4n) is 3.76. The molecule has 1 heterocycles. The molecule has 1 aliphatic heterocycles. The van der Waals surface area contributed by atoms with Crippen molar-refractivity contribution >= 4 is 85.3 Å². The van der Waals surface area contributed by atoms with E-state index in [4.69, 9.17) is 49.3 Å². The van der Waals surface area contributed by atoms with Crippen molar-refractivity contribution in [1.82, 2.24) is 4.90 Å². The van der Waals surface area contributed by atoms with Gasteiger partial charge in [-0.1, -0.05) is 54.7 Å². The number of amides is 1. The Morgan fingerprint density at radius 3 is 2.41 bits per heavy atom. The van der Waals surface area contributed by atoms with Crippen LogP contribution in [0.1, 0.15) is 31.9 Å². The average molecular weight is 669 g/mol. The van der Waals surface area contributed by atoms with Gasteiger partial charge in [-0.3, -0.25) is 9.69 Å². The third kappa shape index (κ3) is 7.74. The van der Waals surface area contributed by atoms with Gasteiger partial charge in [0.1, 0.15) is 6.61 Å². The number of thioether (sulfide) groups is 1. The maximum Gasteiger partial charge on any atom is 0.266 e. The van der Waals surface area contributed by atoms with Gasteiger partial charge in [0.25, 0.3) is 5.91 Å². The molecule has 0 aliphatic carbocycles. The Morgan fingerprint density at radius 1 is 1.03 bits per heavy atom. The summed E-state index contributed by atoms with van der Waals surface area (Å²) < 4.78 is 12.7. The number of hydrogen-bond donors (Lipinski definition) is 0. The summed E-state index contributed by atoms with van der Waals surface area (Å²) in [6.45, 7) is 7.28. The molecule has 0 spiro atoms. The normalized spacial score (nSPS) is 15.6. The lowest BCUT2D eigenvalue weighted by molar-refractivity contribution is -0.122. The van der Waals surface area contributed by atoms with Crippen LogP contribution in [-0.4, -0.2) is 29.1 Å². The molecule has 0 saturated carbocycles. The van der Waals surface area contributed by atoms with E-state index < -0.39 is 0 Å². The van der Waals surface area contributed by atoms with Crippen molar-refractivity contribution < 1.29 is 14.3 Å². The lowest BCUT2D eigenvalue weighted by Gasteiger charge is -2.17. The highest BCUT2D eigenvalue weighted by atomic mass is 79.9. The number of aliphatic imine (C=N–C) groups is 1. The molecule has 3 aromatic rings. The maximum absolute atomic E-state index is 13.4. The van der Waals surface area contributed by atoms with Gasteiger partial charge in [-0.05, 0) is 101 Å². The van der Waals surface area contributed by atoms with Gasteiger partial charge in [0.05, 0.1) is 21.7 Å². The summed E-state index contributed by atoms with van der Waals surface area (Å²) in [6.07, 6.45) is 1.85. The first kappa shape index (κ1) is 29.8. The number of amidine groups is 1. The van der Waals surface area contributed by atoms with Gasteiger partial charge in [0, 0.05) is 27.2 Å². The largest absolute Gasteiger partial charge is 0.490 e. The van der Waals surface area contributed by atoms with Crippen LogP contribution in [0.25, 0.3) is 6.08 Å². The third-order valence-corrected chi connectivity index (χ3v) is 7.94. The van der Waals surface area contributed by atoms with Gasteiger partial charge in [-0.15, -0.1) is 0 Å². The van der Waals surface area contributed by atoms with Gasteiger partial charge in [-0.2, -0.15) is 0 Å². The predicted molar refractivity (Wildman–Crippen MR) is 167 cm³/mol. The number of halogens is 4. The second kappa shape index (κ2) is 13.5. The van der Waals surface area contributed by atoms with E-state index in [1.165, 1.54) is 11.8 Å². The molecular weight excluding hydrogens is 643 g/mol. The number of benzene rings is 3. The zero-order chi connectivity index (χ0) is 28.1. The van der Waals surface area contributed by atoms with Crippen molar-refractivity contribution in [2.45, 2.75) is 27.4 Å². The molecule has 39 heavy (non-hydrogen) atoms. The molecule has 0 atom stereocenters. The van der Waals surface area contributed by atoms with E-state index in [1.54, 1.807) is 29.2 Å². The highest BCUT2D eigenvalue weighted by Gasteiger charge is 2.34. The Bertz CT molecular complexity index is 1430. The Balaban J connectivity index is 1.63. The molecule has 1 amide bonds. The number of nitrogens with zero attached hydrogens (tertiary/aromatic N) is 2. The summed E-state index contributed by atoms with van der Waals surface area (Å²) in [7, 11) is 0. The van der Waals surface area contributed by atoms with E-state index >= 15 is 0 Å². The molecule has 1 fully saturated rings. The van der Waals surface area contributed by atoms with E-state index in [-0.39, 0.29) is 18.4 Å². The van der Waals surface area contributed by atoms with Crippen molar-refractivity contribution in [3.8, 4) is 11.5 Å². The Hall–Kier alpha value is -2.16. The van der Waals surface area contributed by atoms with Crippen LogP contribution in [0.2, 0.25) is 15.1 Å². The minimum absolute atomic E-state index is 0.0896. The molecule has 204 valence electrons. The molecule has 1 saturated heterocycles. The first-order chi connectivity index (χ1) is 18.6. The lowest BCUT2D eigenvalue weighted by atomic mass is 10.1. The van der Waals surface area contributed by atoms with E-state index in [9.17, 15) is 4.79 Å². The van der Waals surface area contributed by atoms with Gasteiger partial charge in [0.2, 0.25) is 0 Å². The van der Waals surface area contributed by atoms with E-state index in [0.717, 1.165) is 16.8 Å². The second-order valence-electron chi connectivity index (χ2n) is 9.08. The van der Waals surface area contributed by atoms with Crippen LogP contribution < -0.4 is 9.47 Å². The molecule has 1 aliphatic rings. The number of carbonyl (C=O) groups is 1. The van der Waals surface area contributed by atoms with Crippen LogP contribution >= 0.6 is 62.5 Å². The molecule has 10 heteroatoms. The Labute approximate surface area is 256 Å². The minimum Gasteiger partial charge on any atom is -0.490 e. The summed E-state index contributed by atoms with van der Waals surface area (Å²) in [4.78, 5) is 20.4. The zero-order valence-electron chi connectivity index (χ0n) is 21.5. The summed E-state index contributed by atoms with van der Waals surface area (Å²) in [5.74, 6) is 1.27. The summed E-state index contributed by atoms with van der Waals surface area (Å²) in [6, 6.07) is 16.2. The van der Waals surface area contributed by atoms with Crippen LogP contribution in [0.5, 0.6) is 11.5 Å². The lowest BCUT2D eigenvalue weighted by Crippen LogP contribution is -2.32. The van der Waals surface area contributed by atoms with Crippen molar-refractivity contribution in [3.05, 3.63) is 90.2 Å². The monoisotopic (exact) mass is 666 g/mol. The van der Waals surface area contributed by atoms with Crippen molar-refractivity contribution in [3.63, 3.8) is 0 Å². The Kier molecular flexibility index (Phi) is 10.3. The third-order valence-electron chi connectivity index (χ3n) is 5.50. The molecular formula is C29H26BrCl3N2O3S. The Morgan fingerprint density at radius 2 is 1.74 bits per heavy atom. The number of carbonyl (C=O) groups excluding carboxylic acids is 1. The van der Waals surface area contributed by atoms with Crippen molar-refractivity contribution in [2.75, 3.05) is 13.2 Å². The van der Waals surface area contributed by atoms with Gasteiger partial charge in [-0.25, -0.2) is 4.99 Å². The maximum atomic E-state index is 13.4. The molecule has 0 unspecified atom stereocenters. The molecule has 4 rings (SSSR count). The first-order valence-electron chi connectivity index (χ1n) is 12.2. The molecule has 0 aromatic heterocycles. The smallest absolute Gasteiger partial charge is 0.266 e.